The molecule has 36 heavy (non-hydrogen) atoms. The number of aliphatic imine (C=N–C) groups is 1. The molecule has 3 aromatic rings. The van der Waals surface area contributed by atoms with Gasteiger partial charge in [-0.15, -0.1) is 0 Å². The van der Waals surface area contributed by atoms with Crippen LogP contribution in [0.25, 0.3) is 0 Å². The summed E-state index contributed by atoms with van der Waals surface area (Å²) in [6.45, 7) is 1.88. The van der Waals surface area contributed by atoms with Crippen LogP contribution in [0.3, 0.4) is 0 Å². The zero-order valence-electron chi connectivity index (χ0n) is 19.3. The van der Waals surface area contributed by atoms with Crippen LogP contribution >= 0.6 is 23.4 Å². The first-order valence-electron chi connectivity index (χ1n) is 11.4. The van der Waals surface area contributed by atoms with E-state index in [2.05, 4.69) is 10.3 Å². The Morgan fingerprint density at radius 2 is 1.89 bits per heavy atom. The summed E-state index contributed by atoms with van der Waals surface area (Å²) in [6, 6.07) is 21.0. The molecule has 1 N–H and O–H groups in total. The van der Waals surface area contributed by atoms with E-state index < -0.39 is 5.25 Å². The first-order chi connectivity index (χ1) is 17.4. The Kier molecular flexibility index (Phi) is 6.89. The highest BCUT2D eigenvalue weighted by Crippen LogP contribution is 2.38. The number of anilines is 1. The van der Waals surface area contributed by atoms with E-state index in [1.165, 1.54) is 23.9 Å². The lowest BCUT2D eigenvalue weighted by atomic mass is 9.99. The molecule has 0 aromatic heterocycles. The number of aryl methyl sites for hydroxylation is 1. The minimum absolute atomic E-state index is 0.0354. The minimum Gasteiger partial charge on any atom is -0.326 e. The van der Waals surface area contributed by atoms with Crippen molar-refractivity contribution in [2.45, 2.75) is 31.1 Å². The fraction of sp³-hybridized carbons (Fsp3) is 0.185. The lowest BCUT2D eigenvalue weighted by Gasteiger charge is -2.23. The molecule has 0 aliphatic carbocycles. The van der Waals surface area contributed by atoms with Crippen LogP contribution in [0.1, 0.15) is 35.6 Å². The van der Waals surface area contributed by atoms with Gasteiger partial charge in [0.05, 0.1) is 11.8 Å². The summed E-state index contributed by atoms with van der Waals surface area (Å²) in [7, 11) is 0. The molecular formula is C27H22ClFN4O2S. The highest BCUT2D eigenvalue weighted by molar-refractivity contribution is 8.15. The van der Waals surface area contributed by atoms with Gasteiger partial charge in [0.2, 0.25) is 5.91 Å². The average Bonchev–Trinajstić information content (AvgIpc) is 3.46. The van der Waals surface area contributed by atoms with Crippen LogP contribution < -0.4 is 5.32 Å². The molecule has 2 aliphatic rings. The van der Waals surface area contributed by atoms with Gasteiger partial charge >= 0.3 is 0 Å². The predicted octanol–water partition coefficient (Wildman–Crippen LogP) is 5.97. The number of nitrogens with one attached hydrogen (secondary N) is 1. The van der Waals surface area contributed by atoms with E-state index in [1.807, 2.05) is 43.3 Å². The summed E-state index contributed by atoms with van der Waals surface area (Å²) >= 11 is 7.36. The largest absolute Gasteiger partial charge is 0.326 e. The molecule has 0 unspecified atom stereocenters. The zero-order valence-corrected chi connectivity index (χ0v) is 20.9. The smallest absolute Gasteiger partial charge is 0.262 e. The molecule has 2 heterocycles. The maximum absolute atomic E-state index is 13.6. The average molecular weight is 521 g/mol. The van der Waals surface area contributed by atoms with Crippen molar-refractivity contribution in [3.8, 4) is 0 Å². The van der Waals surface area contributed by atoms with Crippen molar-refractivity contribution in [3.05, 3.63) is 100 Å². The number of nitrogens with zero attached hydrogens (tertiary/aromatic N) is 3. The lowest BCUT2D eigenvalue weighted by molar-refractivity contribution is -0.121. The van der Waals surface area contributed by atoms with E-state index >= 15 is 0 Å². The Morgan fingerprint density at radius 1 is 1.14 bits per heavy atom. The van der Waals surface area contributed by atoms with Gasteiger partial charge in [-0.05, 0) is 47.9 Å². The summed E-state index contributed by atoms with van der Waals surface area (Å²) in [5.74, 6) is -1.01. The number of carbonyl (C=O) groups excluding carboxylic acids is 2. The maximum atomic E-state index is 13.6. The highest BCUT2D eigenvalue weighted by atomic mass is 35.5. The Morgan fingerprint density at radius 3 is 2.61 bits per heavy atom. The van der Waals surface area contributed by atoms with Gasteiger partial charge < -0.3 is 5.32 Å². The monoisotopic (exact) mass is 520 g/mol. The van der Waals surface area contributed by atoms with E-state index in [4.69, 9.17) is 16.7 Å². The SMILES string of the molecule is Cc1ccc(NC(=O)C[C@@H]2SC(N3N=C(c4ccccc4)C[C@@H]3c3ccc(F)cc3)=NC2=O)cc1Cl. The topological polar surface area (TPSA) is 74.1 Å². The molecule has 5 rings (SSSR count). The van der Waals surface area contributed by atoms with Crippen LogP contribution in [0, 0.1) is 12.7 Å². The van der Waals surface area contributed by atoms with Gasteiger partial charge in [-0.2, -0.15) is 10.1 Å². The van der Waals surface area contributed by atoms with E-state index in [0.717, 1.165) is 22.4 Å². The first kappa shape index (κ1) is 24.2. The number of hydrogen-bond donors (Lipinski definition) is 1. The van der Waals surface area contributed by atoms with Gasteiger partial charge in [-0.25, -0.2) is 9.40 Å². The fourth-order valence-electron chi connectivity index (χ4n) is 4.09. The first-order valence-corrected chi connectivity index (χ1v) is 12.7. The van der Waals surface area contributed by atoms with Gasteiger partial charge in [0.15, 0.2) is 5.17 Å². The third-order valence-corrected chi connectivity index (χ3v) is 7.57. The molecule has 0 saturated heterocycles. The normalized spacial score (nSPS) is 19.3. The van der Waals surface area contributed by atoms with Crippen molar-refractivity contribution < 1.29 is 14.0 Å². The van der Waals surface area contributed by atoms with E-state index in [0.29, 0.717) is 22.3 Å². The molecule has 182 valence electrons. The summed E-state index contributed by atoms with van der Waals surface area (Å²) < 4.78 is 13.6. The molecule has 2 aliphatic heterocycles. The van der Waals surface area contributed by atoms with Gasteiger partial charge in [-0.1, -0.05) is 71.9 Å². The predicted molar refractivity (Wildman–Crippen MR) is 142 cm³/mol. The molecule has 3 aromatic carbocycles. The van der Waals surface area contributed by atoms with Gasteiger partial charge in [-0.3, -0.25) is 9.59 Å². The standard InChI is InChI=1S/C27H22ClFN4O2S/c1-16-7-12-20(13-21(16)28)30-25(34)15-24-26(35)31-27(36-24)33-23(18-8-10-19(29)11-9-18)14-22(32-33)17-5-3-2-4-6-17/h2-13,23-24H,14-15H2,1H3,(H,30,34)/t23-,24+/m1/s1. The molecule has 0 radical (unpaired) electrons. The van der Waals surface area contributed by atoms with E-state index in [1.54, 1.807) is 29.3 Å². The summed E-state index contributed by atoms with van der Waals surface area (Å²) in [5, 5.41) is 9.62. The van der Waals surface area contributed by atoms with Gasteiger partial charge in [0.25, 0.3) is 5.91 Å². The van der Waals surface area contributed by atoms with Crippen molar-refractivity contribution >= 4 is 51.7 Å². The molecule has 2 atom stereocenters. The Labute approximate surface area is 217 Å². The number of hydrogen-bond acceptors (Lipinski definition) is 5. The molecule has 0 fully saturated rings. The van der Waals surface area contributed by atoms with Crippen LogP contribution in [0.15, 0.2) is 82.9 Å². The lowest BCUT2D eigenvalue weighted by Crippen LogP contribution is -2.25. The number of thioether (sulfide) groups is 1. The summed E-state index contributed by atoms with van der Waals surface area (Å²) in [5.41, 5.74) is 4.15. The fourth-order valence-corrected chi connectivity index (χ4v) is 5.33. The number of carbonyl (C=O) groups is 2. The molecule has 0 spiro atoms. The molecule has 6 nitrogen and oxygen atoms in total. The Hall–Kier alpha value is -3.49. The number of amidine groups is 1. The summed E-state index contributed by atoms with van der Waals surface area (Å²) in [6.07, 6.45) is 0.537. The molecule has 0 saturated carbocycles. The number of halogens is 2. The number of hydrazone groups is 1. The second-order valence-corrected chi connectivity index (χ2v) is 10.2. The van der Waals surface area contributed by atoms with Crippen molar-refractivity contribution in [1.82, 2.24) is 5.01 Å². The van der Waals surface area contributed by atoms with E-state index in [9.17, 15) is 14.0 Å². The molecule has 2 amide bonds. The minimum atomic E-state index is -0.661. The number of amides is 2. The third kappa shape index (κ3) is 5.20. The zero-order chi connectivity index (χ0) is 25.2. The van der Waals surface area contributed by atoms with Crippen LogP contribution in [0.2, 0.25) is 5.02 Å². The van der Waals surface area contributed by atoms with Crippen molar-refractivity contribution in [2.75, 3.05) is 5.32 Å². The highest BCUT2D eigenvalue weighted by Gasteiger charge is 2.39. The molecule has 0 bridgehead atoms. The molecular weight excluding hydrogens is 499 g/mol. The van der Waals surface area contributed by atoms with Crippen LogP contribution in [0.4, 0.5) is 10.1 Å². The Bertz CT molecular complexity index is 1380. The van der Waals surface area contributed by atoms with E-state index in [-0.39, 0.29) is 30.1 Å². The quantitative estimate of drug-likeness (QED) is 0.450. The van der Waals surface area contributed by atoms with Gasteiger partial charge in [0, 0.05) is 23.6 Å². The van der Waals surface area contributed by atoms with Crippen molar-refractivity contribution in [2.24, 2.45) is 10.1 Å². The third-order valence-electron chi connectivity index (χ3n) is 6.02. The second-order valence-electron chi connectivity index (χ2n) is 8.58. The van der Waals surface area contributed by atoms with Crippen LogP contribution in [-0.2, 0) is 9.59 Å². The Balaban J connectivity index is 1.33. The number of benzene rings is 3. The maximum Gasteiger partial charge on any atom is 0.262 e. The second kappa shape index (κ2) is 10.2. The molecule has 9 heteroatoms. The van der Waals surface area contributed by atoms with Crippen molar-refractivity contribution in [1.29, 1.82) is 0 Å². The summed E-state index contributed by atoms with van der Waals surface area (Å²) in [4.78, 5) is 29.6. The van der Waals surface area contributed by atoms with Crippen LogP contribution in [-0.4, -0.2) is 33.0 Å². The number of rotatable bonds is 5. The van der Waals surface area contributed by atoms with Crippen LogP contribution in [0.5, 0.6) is 0 Å². The van der Waals surface area contributed by atoms with Crippen molar-refractivity contribution in [3.63, 3.8) is 0 Å². The van der Waals surface area contributed by atoms with Gasteiger partial charge in [0.1, 0.15) is 11.1 Å².